The van der Waals surface area contributed by atoms with E-state index in [-0.39, 0.29) is 0 Å². The summed E-state index contributed by atoms with van der Waals surface area (Å²) in [5.74, 6) is 0. The van der Waals surface area contributed by atoms with Crippen LogP contribution >= 0.6 is 22.9 Å². The van der Waals surface area contributed by atoms with Crippen LogP contribution in [0.4, 0.5) is 0 Å². The summed E-state index contributed by atoms with van der Waals surface area (Å²) in [7, 11) is 0. The fourth-order valence-electron chi connectivity index (χ4n) is 2.75. The predicted molar refractivity (Wildman–Crippen MR) is 80.5 cm³/mol. The fraction of sp³-hybridized carbons (Fsp3) is 0.714. The van der Waals surface area contributed by atoms with E-state index in [2.05, 4.69) is 23.2 Å². The van der Waals surface area contributed by atoms with E-state index in [9.17, 15) is 0 Å². The number of nitrogens with one attached hydrogen (secondary N) is 1. The zero-order chi connectivity index (χ0) is 12.8. The molecular weight excluding hydrogens is 264 g/mol. The summed E-state index contributed by atoms with van der Waals surface area (Å²) in [5, 5.41) is 3.51. The van der Waals surface area contributed by atoms with Crippen LogP contribution in [0.5, 0.6) is 0 Å². The van der Waals surface area contributed by atoms with Crippen molar-refractivity contribution in [3.63, 3.8) is 0 Å². The van der Waals surface area contributed by atoms with Crippen molar-refractivity contribution in [3.8, 4) is 0 Å². The smallest absolute Gasteiger partial charge is 0.0931 e. The van der Waals surface area contributed by atoms with Gasteiger partial charge in [-0.2, -0.15) is 0 Å². The van der Waals surface area contributed by atoms with Crippen LogP contribution in [0.25, 0.3) is 0 Å². The SMILES string of the molecule is CCN(CCNCc1ccc(Cl)s1)C1CCCC1. The van der Waals surface area contributed by atoms with Gasteiger partial charge in [-0.15, -0.1) is 11.3 Å². The van der Waals surface area contributed by atoms with E-state index in [0.29, 0.717) is 0 Å². The lowest BCUT2D eigenvalue weighted by Crippen LogP contribution is -2.38. The predicted octanol–water partition coefficient (Wildman–Crippen LogP) is 3.76. The Balaban J connectivity index is 1.64. The number of halogens is 1. The van der Waals surface area contributed by atoms with Gasteiger partial charge in [-0.25, -0.2) is 0 Å². The molecule has 1 aromatic rings. The Morgan fingerprint density at radius 1 is 1.39 bits per heavy atom. The summed E-state index contributed by atoms with van der Waals surface area (Å²) >= 11 is 7.58. The number of nitrogens with zero attached hydrogens (tertiary/aromatic N) is 1. The van der Waals surface area contributed by atoms with Gasteiger partial charge in [0.2, 0.25) is 0 Å². The number of hydrogen-bond donors (Lipinski definition) is 1. The van der Waals surface area contributed by atoms with Crippen molar-refractivity contribution in [2.45, 2.75) is 45.2 Å². The van der Waals surface area contributed by atoms with Crippen molar-refractivity contribution in [2.75, 3.05) is 19.6 Å². The van der Waals surface area contributed by atoms with E-state index in [4.69, 9.17) is 11.6 Å². The highest BCUT2D eigenvalue weighted by molar-refractivity contribution is 7.16. The van der Waals surface area contributed by atoms with Gasteiger partial charge in [0.15, 0.2) is 0 Å². The van der Waals surface area contributed by atoms with E-state index < -0.39 is 0 Å². The molecule has 2 nitrogen and oxygen atoms in total. The Hall–Kier alpha value is -0.0900. The largest absolute Gasteiger partial charge is 0.311 e. The lowest BCUT2D eigenvalue weighted by atomic mass is 10.2. The van der Waals surface area contributed by atoms with Gasteiger partial charge in [0, 0.05) is 30.6 Å². The fourth-order valence-corrected chi connectivity index (χ4v) is 3.81. The molecule has 102 valence electrons. The molecule has 0 atom stereocenters. The van der Waals surface area contributed by atoms with Crippen LogP contribution in [-0.4, -0.2) is 30.6 Å². The molecule has 0 amide bonds. The normalized spacial score (nSPS) is 16.8. The minimum atomic E-state index is 0.841. The Morgan fingerprint density at radius 3 is 2.78 bits per heavy atom. The van der Waals surface area contributed by atoms with Gasteiger partial charge in [0.25, 0.3) is 0 Å². The molecule has 0 saturated heterocycles. The van der Waals surface area contributed by atoms with Crippen LogP contribution in [0.1, 0.15) is 37.5 Å². The first kappa shape index (κ1) is 14.3. The van der Waals surface area contributed by atoms with Crippen LogP contribution in [0.3, 0.4) is 0 Å². The maximum atomic E-state index is 5.91. The zero-order valence-corrected chi connectivity index (χ0v) is 12.7. The molecule has 1 N–H and O–H groups in total. The van der Waals surface area contributed by atoms with Crippen molar-refractivity contribution in [2.24, 2.45) is 0 Å². The van der Waals surface area contributed by atoms with Crippen molar-refractivity contribution < 1.29 is 0 Å². The Morgan fingerprint density at radius 2 is 2.17 bits per heavy atom. The van der Waals surface area contributed by atoms with Crippen molar-refractivity contribution in [3.05, 3.63) is 21.3 Å². The molecule has 0 unspecified atom stereocenters. The van der Waals surface area contributed by atoms with Gasteiger partial charge in [-0.05, 0) is 31.5 Å². The Bertz CT molecular complexity index is 347. The highest BCUT2D eigenvalue weighted by atomic mass is 35.5. The maximum Gasteiger partial charge on any atom is 0.0931 e. The molecule has 1 fully saturated rings. The average Bonchev–Trinajstić information content (AvgIpc) is 3.01. The minimum absolute atomic E-state index is 0.841. The molecular formula is C14H23ClN2S. The third kappa shape index (κ3) is 4.23. The lowest BCUT2D eigenvalue weighted by molar-refractivity contribution is 0.209. The molecule has 1 aromatic heterocycles. The third-order valence-corrected chi connectivity index (χ3v) is 4.98. The molecule has 4 heteroatoms. The van der Waals surface area contributed by atoms with Gasteiger partial charge in [0.1, 0.15) is 0 Å². The first-order valence-corrected chi connectivity index (χ1v) is 8.18. The summed E-state index contributed by atoms with van der Waals surface area (Å²) in [4.78, 5) is 3.95. The van der Waals surface area contributed by atoms with Crippen LogP contribution in [0.2, 0.25) is 4.34 Å². The first-order valence-electron chi connectivity index (χ1n) is 6.98. The summed E-state index contributed by atoms with van der Waals surface area (Å²) in [5.41, 5.74) is 0. The Kier molecular flexibility index (Phi) is 5.96. The molecule has 0 aromatic carbocycles. The molecule has 0 aliphatic heterocycles. The van der Waals surface area contributed by atoms with Crippen molar-refractivity contribution in [1.82, 2.24) is 10.2 Å². The number of hydrogen-bond acceptors (Lipinski definition) is 3. The maximum absolute atomic E-state index is 5.91. The number of rotatable bonds is 7. The summed E-state index contributed by atoms with van der Waals surface area (Å²) in [6, 6.07) is 4.92. The molecule has 2 rings (SSSR count). The second-order valence-electron chi connectivity index (χ2n) is 4.95. The molecule has 1 aliphatic rings. The van der Waals surface area contributed by atoms with Gasteiger partial charge in [-0.1, -0.05) is 31.4 Å². The van der Waals surface area contributed by atoms with Crippen molar-refractivity contribution >= 4 is 22.9 Å². The second-order valence-corrected chi connectivity index (χ2v) is 6.75. The molecule has 1 aliphatic carbocycles. The first-order chi connectivity index (χ1) is 8.79. The van der Waals surface area contributed by atoms with E-state index >= 15 is 0 Å². The monoisotopic (exact) mass is 286 g/mol. The van der Waals surface area contributed by atoms with Crippen LogP contribution in [-0.2, 0) is 6.54 Å². The zero-order valence-electron chi connectivity index (χ0n) is 11.1. The molecule has 0 radical (unpaired) electrons. The molecule has 18 heavy (non-hydrogen) atoms. The van der Waals surface area contributed by atoms with E-state index in [0.717, 1.165) is 23.5 Å². The Labute approximate surface area is 119 Å². The van der Waals surface area contributed by atoms with Gasteiger partial charge in [0.05, 0.1) is 4.34 Å². The quantitative estimate of drug-likeness (QED) is 0.768. The summed E-state index contributed by atoms with van der Waals surface area (Å²) < 4.78 is 0.882. The molecule has 0 spiro atoms. The summed E-state index contributed by atoms with van der Waals surface area (Å²) in [6.45, 7) is 6.63. The topological polar surface area (TPSA) is 15.3 Å². The molecule has 1 heterocycles. The van der Waals surface area contributed by atoms with Crippen LogP contribution in [0, 0.1) is 0 Å². The summed E-state index contributed by atoms with van der Waals surface area (Å²) in [6.07, 6.45) is 5.63. The second kappa shape index (κ2) is 7.49. The van der Waals surface area contributed by atoms with E-state index in [1.54, 1.807) is 11.3 Å². The van der Waals surface area contributed by atoms with E-state index in [1.165, 1.54) is 43.6 Å². The van der Waals surface area contributed by atoms with Gasteiger partial charge in [-0.3, -0.25) is 4.90 Å². The average molecular weight is 287 g/mol. The van der Waals surface area contributed by atoms with Crippen molar-refractivity contribution in [1.29, 1.82) is 0 Å². The van der Waals surface area contributed by atoms with E-state index in [1.807, 2.05) is 6.07 Å². The highest BCUT2D eigenvalue weighted by Gasteiger charge is 2.20. The molecule has 0 bridgehead atoms. The highest BCUT2D eigenvalue weighted by Crippen LogP contribution is 2.23. The van der Waals surface area contributed by atoms with Crippen LogP contribution in [0.15, 0.2) is 12.1 Å². The minimum Gasteiger partial charge on any atom is -0.311 e. The number of likely N-dealkylation sites (N-methyl/N-ethyl adjacent to an activating group) is 1. The lowest BCUT2D eigenvalue weighted by Gasteiger charge is -2.27. The van der Waals surface area contributed by atoms with Gasteiger partial charge < -0.3 is 5.32 Å². The third-order valence-electron chi connectivity index (χ3n) is 3.75. The molecule has 1 saturated carbocycles. The standard InChI is InChI=1S/C14H23ClN2S/c1-2-17(12-5-3-4-6-12)10-9-16-11-13-7-8-14(15)18-13/h7-8,12,16H,2-6,9-11H2,1H3. The van der Waals surface area contributed by atoms with Gasteiger partial charge >= 0.3 is 0 Å². The van der Waals surface area contributed by atoms with Crippen LogP contribution < -0.4 is 5.32 Å². The number of thiophene rings is 1.